The van der Waals surface area contributed by atoms with E-state index in [-0.39, 0.29) is 19.0 Å². The number of halogens is 1. The molecular formula is C15H19ClN6O2. The van der Waals surface area contributed by atoms with E-state index in [1.165, 1.54) is 10.9 Å². The van der Waals surface area contributed by atoms with Crippen molar-refractivity contribution >= 4 is 23.3 Å². The van der Waals surface area contributed by atoms with Crippen LogP contribution in [0, 0.1) is 0 Å². The third kappa shape index (κ3) is 4.21. The Balaban J connectivity index is 1.54. The average Bonchev–Trinajstić information content (AvgIpc) is 2.99. The summed E-state index contributed by atoms with van der Waals surface area (Å²) in [4.78, 5) is 22.3. The zero-order chi connectivity index (χ0) is 17.0. The first-order valence-electron chi connectivity index (χ1n) is 7.72. The van der Waals surface area contributed by atoms with E-state index in [4.69, 9.17) is 11.6 Å². The van der Waals surface area contributed by atoms with Gasteiger partial charge < -0.3 is 15.3 Å². The number of amides is 1. The Morgan fingerprint density at radius 2 is 2.29 bits per heavy atom. The standard InChI is InChI=1S/C15H19ClN6O2/c16-12-6-20-22(8-12)9-14(23)19-10-15(24)2-1-5-21(11-15)13-7-17-3-4-18-13/h3-4,6-8,24H,1-2,5,9-11H2,(H,19,23). The average molecular weight is 351 g/mol. The molecule has 0 bridgehead atoms. The number of aromatic nitrogens is 4. The number of piperidine rings is 1. The molecule has 1 amide bonds. The Labute approximate surface area is 144 Å². The number of nitrogens with one attached hydrogen (secondary N) is 1. The first-order valence-corrected chi connectivity index (χ1v) is 8.10. The van der Waals surface area contributed by atoms with Crippen LogP contribution in [0.2, 0.25) is 5.02 Å². The van der Waals surface area contributed by atoms with Crippen molar-refractivity contribution in [2.75, 3.05) is 24.5 Å². The largest absolute Gasteiger partial charge is 0.386 e. The summed E-state index contributed by atoms with van der Waals surface area (Å²) >= 11 is 5.77. The molecule has 0 saturated carbocycles. The lowest BCUT2D eigenvalue weighted by Gasteiger charge is -2.39. The number of carbonyl (C=O) groups excluding carboxylic acids is 1. The molecule has 1 aliphatic rings. The molecule has 0 aromatic carbocycles. The molecule has 1 fully saturated rings. The summed E-state index contributed by atoms with van der Waals surface area (Å²) < 4.78 is 1.45. The van der Waals surface area contributed by atoms with E-state index < -0.39 is 5.60 Å². The van der Waals surface area contributed by atoms with Gasteiger partial charge in [0.15, 0.2) is 0 Å². The lowest BCUT2D eigenvalue weighted by atomic mass is 9.92. The smallest absolute Gasteiger partial charge is 0.241 e. The molecular weight excluding hydrogens is 332 g/mol. The molecule has 2 N–H and O–H groups in total. The van der Waals surface area contributed by atoms with Gasteiger partial charge in [-0.2, -0.15) is 5.10 Å². The normalized spacial score (nSPS) is 20.8. The minimum Gasteiger partial charge on any atom is -0.386 e. The van der Waals surface area contributed by atoms with Gasteiger partial charge >= 0.3 is 0 Å². The second-order valence-corrected chi connectivity index (χ2v) is 6.38. The molecule has 0 spiro atoms. The van der Waals surface area contributed by atoms with Gasteiger partial charge in [0.1, 0.15) is 12.4 Å². The van der Waals surface area contributed by atoms with Crippen molar-refractivity contribution in [2.45, 2.75) is 25.0 Å². The number of hydrogen-bond donors (Lipinski definition) is 2. The van der Waals surface area contributed by atoms with Crippen molar-refractivity contribution in [3.05, 3.63) is 36.0 Å². The molecule has 1 saturated heterocycles. The number of hydrogen-bond acceptors (Lipinski definition) is 6. The summed E-state index contributed by atoms with van der Waals surface area (Å²) in [5.74, 6) is 0.507. The van der Waals surface area contributed by atoms with Crippen LogP contribution in [0.25, 0.3) is 0 Å². The summed E-state index contributed by atoms with van der Waals surface area (Å²) in [6.45, 7) is 1.45. The summed E-state index contributed by atoms with van der Waals surface area (Å²) in [6, 6.07) is 0. The molecule has 1 atom stereocenters. The van der Waals surface area contributed by atoms with Gasteiger partial charge in [0.2, 0.25) is 5.91 Å². The number of carbonyl (C=O) groups is 1. The van der Waals surface area contributed by atoms with Crippen molar-refractivity contribution < 1.29 is 9.90 Å². The monoisotopic (exact) mass is 350 g/mol. The molecule has 0 aliphatic carbocycles. The van der Waals surface area contributed by atoms with Gasteiger partial charge in [-0.15, -0.1) is 0 Å². The van der Waals surface area contributed by atoms with Crippen LogP contribution in [0.3, 0.4) is 0 Å². The lowest BCUT2D eigenvalue weighted by molar-refractivity contribution is -0.123. The van der Waals surface area contributed by atoms with E-state index in [1.807, 2.05) is 4.90 Å². The van der Waals surface area contributed by atoms with Crippen LogP contribution in [-0.2, 0) is 11.3 Å². The highest BCUT2D eigenvalue weighted by Crippen LogP contribution is 2.23. The van der Waals surface area contributed by atoms with Gasteiger partial charge in [0.25, 0.3) is 0 Å². The number of anilines is 1. The lowest BCUT2D eigenvalue weighted by Crippen LogP contribution is -2.54. The van der Waals surface area contributed by atoms with Crippen LogP contribution in [-0.4, -0.2) is 56.0 Å². The molecule has 1 unspecified atom stereocenters. The van der Waals surface area contributed by atoms with E-state index in [2.05, 4.69) is 20.4 Å². The minimum absolute atomic E-state index is 0.0661. The fourth-order valence-electron chi connectivity index (χ4n) is 2.80. The molecule has 0 radical (unpaired) electrons. The molecule has 3 rings (SSSR count). The van der Waals surface area contributed by atoms with Gasteiger partial charge in [0, 0.05) is 38.2 Å². The minimum atomic E-state index is -0.993. The van der Waals surface area contributed by atoms with Crippen molar-refractivity contribution in [2.24, 2.45) is 0 Å². The van der Waals surface area contributed by atoms with Crippen LogP contribution < -0.4 is 10.2 Å². The highest BCUT2D eigenvalue weighted by molar-refractivity contribution is 6.30. The molecule has 8 nitrogen and oxygen atoms in total. The Hall–Kier alpha value is -2.19. The molecule has 3 heterocycles. The van der Waals surface area contributed by atoms with Crippen LogP contribution >= 0.6 is 11.6 Å². The van der Waals surface area contributed by atoms with Gasteiger partial charge in [0.05, 0.1) is 23.0 Å². The van der Waals surface area contributed by atoms with Gasteiger partial charge in [-0.25, -0.2) is 4.98 Å². The molecule has 9 heteroatoms. The van der Waals surface area contributed by atoms with Crippen molar-refractivity contribution in [3.63, 3.8) is 0 Å². The van der Waals surface area contributed by atoms with Crippen LogP contribution in [0.15, 0.2) is 31.0 Å². The van der Waals surface area contributed by atoms with Crippen LogP contribution in [0.1, 0.15) is 12.8 Å². The Morgan fingerprint density at radius 3 is 3.00 bits per heavy atom. The second-order valence-electron chi connectivity index (χ2n) is 5.95. The highest BCUT2D eigenvalue weighted by atomic mass is 35.5. The maximum atomic E-state index is 12.0. The predicted molar refractivity (Wildman–Crippen MR) is 88.7 cm³/mol. The second kappa shape index (κ2) is 7.14. The molecule has 1 aliphatic heterocycles. The van der Waals surface area contributed by atoms with Crippen molar-refractivity contribution in [3.8, 4) is 0 Å². The van der Waals surface area contributed by atoms with Crippen LogP contribution in [0.5, 0.6) is 0 Å². The third-order valence-electron chi connectivity index (χ3n) is 3.95. The Bertz CT molecular complexity index is 694. The predicted octanol–water partition coefficient (Wildman–Crippen LogP) is 0.474. The number of nitrogens with zero attached hydrogens (tertiary/aromatic N) is 5. The zero-order valence-electron chi connectivity index (χ0n) is 13.1. The van der Waals surface area contributed by atoms with E-state index in [9.17, 15) is 9.90 Å². The number of rotatable bonds is 5. The third-order valence-corrected chi connectivity index (χ3v) is 4.15. The molecule has 2 aromatic heterocycles. The molecule has 24 heavy (non-hydrogen) atoms. The molecule has 2 aromatic rings. The summed E-state index contributed by atoms with van der Waals surface area (Å²) in [5, 5.41) is 18.0. The maximum Gasteiger partial charge on any atom is 0.241 e. The maximum absolute atomic E-state index is 12.0. The SMILES string of the molecule is O=C(Cn1cc(Cl)cn1)NCC1(O)CCCN(c2cnccn2)C1. The van der Waals surface area contributed by atoms with E-state index >= 15 is 0 Å². The van der Waals surface area contributed by atoms with Gasteiger partial charge in [-0.05, 0) is 12.8 Å². The fraction of sp³-hybridized carbons (Fsp3) is 0.467. The van der Waals surface area contributed by atoms with Crippen LogP contribution in [0.4, 0.5) is 5.82 Å². The quantitative estimate of drug-likeness (QED) is 0.814. The summed E-state index contributed by atoms with van der Waals surface area (Å²) in [6.07, 6.45) is 9.40. The fourth-order valence-corrected chi connectivity index (χ4v) is 2.95. The zero-order valence-corrected chi connectivity index (χ0v) is 13.9. The van der Waals surface area contributed by atoms with E-state index in [1.54, 1.807) is 24.8 Å². The summed E-state index contributed by atoms with van der Waals surface area (Å²) in [7, 11) is 0. The highest BCUT2D eigenvalue weighted by Gasteiger charge is 2.34. The van der Waals surface area contributed by atoms with Gasteiger partial charge in [-0.1, -0.05) is 11.6 Å². The van der Waals surface area contributed by atoms with Gasteiger partial charge in [-0.3, -0.25) is 14.5 Å². The topological polar surface area (TPSA) is 96.2 Å². The number of aliphatic hydroxyl groups is 1. The van der Waals surface area contributed by atoms with E-state index in [0.717, 1.165) is 18.8 Å². The first-order chi connectivity index (χ1) is 11.5. The molecule has 128 valence electrons. The Kier molecular flexibility index (Phi) is 4.96. The Morgan fingerprint density at radius 1 is 1.42 bits per heavy atom. The first kappa shape index (κ1) is 16.7. The van der Waals surface area contributed by atoms with E-state index in [0.29, 0.717) is 18.0 Å². The summed E-state index contributed by atoms with van der Waals surface area (Å²) in [5.41, 5.74) is -0.993. The number of β-amino-alcohol motifs (C(OH)–C–C–N with tert-alkyl or cyclic N) is 1. The van der Waals surface area contributed by atoms with Crippen molar-refractivity contribution in [1.29, 1.82) is 0 Å². The van der Waals surface area contributed by atoms with Crippen molar-refractivity contribution in [1.82, 2.24) is 25.1 Å².